The smallest absolute Gasteiger partial charge is 0.418 e. The van der Waals surface area contributed by atoms with E-state index in [4.69, 9.17) is 4.74 Å². The molecule has 0 fully saturated rings. The Bertz CT molecular complexity index is 284. The molecule has 0 saturated heterocycles. The Labute approximate surface area is 91.7 Å². The zero-order valence-corrected chi connectivity index (χ0v) is 9.25. The average Bonchev–Trinajstić information content (AvgIpc) is 2.49. The second kappa shape index (κ2) is 7.26. The Morgan fingerprint density at radius 2 is 1.88 bits per heavy atom. The number of ether oxygens (including phenoxy) is 1. The lowest BCUT2D eigenvalue weighted by Crippen LogP contribution is -2.23. The summed E-state index contributed by atoms with van der Waals surface area (Å²) in [6.45, 7) is 1.87. The molecule has 0 bridgehead atoms. The van der Waals surface area contributed by atoms with Crippen molar-refractivity contribution in [3.8, 4) is 0 Å². The molecule has 8 heteroatoms. The van der Waals surface area contributed by atoms with E-state index in [9.17, 15) is 17.3 Å². The van der Waals surface area contributed by atoms with Gasteiger partial charge < -0.3 is 22.0 Å². The van der Waals surface area contributed by atoms with Gasteiger partial charge in [0, 0.05) is 20.1 Å². The molecule has 0 radical (unpaired) electrons. The molecule has 0 aliphatic heterocycles. The molecule has 1 aromatic rings. The maximum atomic E-state index is 9.75. The van der Waals surface area contributed by atoms with Crippen LogP contribution in [-0.4, -0.2) is 25.5 Å². The van der Waals surface area contributed by atoms with E-state index in [1.165, 1.54) is 0 Å². The van der Waals surface area contributed by atoms with Crippen molar-refractivity contribution in [1.29, 1.82) is 0 Å². The Morgan fingerprint density at radius 3 is 2.25 bits per heavy atom. The average molecular weight is 242 g/mol. The van der Waals surface area contributed by atoms with Crippen LogP contribution in [0.2, 0.25) is 0 Å². The molecule has 0 saturated carbocycles. The maximum absolute atomic E-state index is 9.75. The second-order valence-electron chi connectivity index (χ2n) is 3.16. The van der Waals surface area contributed by atoms with Crippen LogP contribution in [0.4, 0.5) is 17.3 Å². The summed E-state index contributed by atoms with van der Waals surface area (Å²) < 4.78 is 48.1. The SMILES string of the molecule is COCCCn1cc[n+](C)c1.F[B-](F)(F)F. The van der Waals surface area contributed by atoms with E-state index in [0.29, 0.717) is 0 Å². The van der Waals surface area contributed by atoms with Crippen LogP contribution in [0.25, 0.3) is 0 Å². The lowest BCUT2D eigenvalue weighted by molar-refractivity contribution is -0.671. The van der Waals surface area contributed by atoms with Gasteiger partial charge in [0.25, 0.3) is 0 Å². The van der Waals surface area contributed by atoms with E-state index in [1.54, 1.807) is 7.11 Å². The number of hydrogen-bond donors (Lipinski definition) is 0. The number of nitrogens with zero attached hydrogens (tertiary/aromatic N) is 2. The van der Waals surface area contributed by atoms with Crippen LogP contribution in [0, 0.1) is 0 Å². The summed E-state index contributed by atoms with van der Waals surface area (Å²) in [5, 5.41) is 0. The van der Waals surface area contributed by atoms with Gasteiger partial charge in [-0.3, -0.25) is 0 Å². The molecular formula is C8H15BF4N2O. The van der Waals surface area contributed by atoms with Crippen LogP contribution < -0.4 is 4.57 Å². The van der Waals surface area contributed by atoms with Crippen LogP contribution in [0.3, 0.4) is 0 Å². The monoisotopic (exact) mass is 242 g/mol. The molecule has 0 spiro atoms. The van der Waals surface area contributed by atoms with Crippen LogP contribution >= 0.6 is 0 Å². The first-order valence-electron chi connectivity index (χ1n) is 4.70. The van der Waals surface area contributed by atoms with Gasteiger partial charge in [0.2, 0.25) is 6.33 Å². The van der Waals surface area contributed by atoms with E-state index in [-0.39, 0.29) is 0 Å². The first kappa shape index (κ1) is 15.0. The molecule has 94 valence electrons. The van der Waals surface area contributed by atoms with E-state index in [1.807, 2.05) is 17.8 Å². The largest absolute Gasteiger partial charge is 0.673 e. The molecule has 16 heavy (non-hydrogen) atoms. The van der Waals surface area contributed by atoms with Crippen molar-refractivity contribution in [1.82, 2.24) is 4.57 Å². The van der Waals surface area contributed by atoms with Crippen molar-refractivity contribution in [2.24, 2.45) is 7.05 Å². The minimum Gasteiger partial charge on any atom is -0.418 e. The normalized spacial score (nSPS) is 10.9. The van der Waals surface area contributed by atoms with Crippen molar-refractivity contribution in [3.05, 3.63) is 18.7 Å². The molecule has 1 heterocycles. The van der Waals surface area contributed by atoms with Gasteiger partial charge in [0.05, 0.1) is 13.6 Å². The summed E-state index contributed by atoms with van der Waals surface area (Å²) in [6.07, 6.45) is 7.24. The third-order valence-electron chi connectivity index (χ3n) is 1.59. The highest BCUT2D eigenvalue weighted by Crippen LogP contribution is 2.06. The summed E-state index contributed by atoms with van der Waals surface area (Å²) in [4.78, 5) is 0. The molecular weight excluding hydrogens is 227 g/mol. The topological polar surface area (TPSA) is 18.0 Å². The van der Waals surface area contributed by atoms with E-state index in [0.717, 1.165) is 19.6 Å². The minimum absolute atomic E-state index is 0.835. The van der Waals surface area contributed by atoms with Gasteiger partial charge in [0.15, 0.2) is 0 Å². The molecule has 1 aromatic heterocycles. The molecule has 0 N–H and O–H groups in total. The molecule has 1 rings (SSSR count). The standard InChI is InChI=1S/C8H15N2O.BF4/c1-9-5-6-10(8-9)4-3-7-11-2;2-1(3,4)5/h5-6,8H,3-4,7H2,1-2H3;/q+1;-1. The first-order valence-corrected chi connectivity index (χ1v) is 4.70. The Balaban J connectivity index is 0.000000385. The van der Waals surface area contributed by atoms with Gasteiger partial charge in [-0.25, -0.2) is 9.13 Å². The highest BCUT2D eigenvalue weighted by molar-refractivity contribution is 6.50. The summed E-state index contributed by atoms with van der Waals surface area (Å²) >= 11 is 0. The van der Waals surface area contributed by atoms with Gasteiger partial charge in [-0.05, 0) is 0 Å². The van der Waals surface area contributed by atoms with E-state index in [2.05, 4.69) is 17.1 Å². The fourth-order valence-corrected chi connectivity index (χ4v) is 1.03. The number of rotatable bonds is 4. The van der Waals surface area contributed by atoms with Crippen LogP contribution in [0.15, 0.2) is 18.7 Å². The number of imidazole rings is 1. The van der Waals surface area contributed by atoms with Gasteiger partial charge in [-0.2, -0.15) is 0 Å². The van der Waals surface area contributed by atoms with E-state index < -0.39 is 7.25 Å². The van der Waals surface area contributed by atoms with Crippen molar-refractivity contribution in [3.63, 3.8) is 0 Å². The fourth-order valence-electron chi connectivity index (χ4n) is 1.03. The molecule has 0 unspecified atom stereocenters. The Hall–Kier alpha value is -1.05. The van der Waals surface area contributed by atoms with E-state index >= 15 is 0 Å². The lowest BCUT2D eigenvalue weighted by Gasteiger charge is -1.94. The number of hydrogen-bond acceptors (Lipinski definition) is 1. The molecule has 0 aliphatic carbocycles. The zero-order chi connectivity index (χ0) is 12.6. The fraction of sp³-hybridized carbons (Fsp3) is 0.625. The summed E-state index contributed by atoms with van der Waals surface area (Å²) in [7, 11) is -2.25. The molecule has 0 aromatic carbocycles. The summed E-state index contributed by atoms with van der Waals surface area (Å²) in [5.74, 6) is 0. The summed E-state index contributed by atoms with van der Waals surface area (Å²) in [6, 6.07) is 0. The Kier molecular flexibility index (Phi) is 6.79. The number of halogens is 4. The zero-order valence-electron chi connectivity index (χ0n) is 9.25. The van der Waals surface area contributed by atoms with Gasteiger partial charge in [0.1, 0.15) is 12.4 Å². The quantitative estimate of drug-likeness (QED) is 0.340. The highest BCUT2D eigenvalue weighted by Gasteiger charge is 2.20. The van der Waals surface area contributed by atoms with Gasteiger partial charge in [-0.15, -0.1) is 0 Å². The first-order chi connectivity index (χ1) is 7.33. The van der Waals surface area contributed by atoms with Crippen LogP contribution in [0.1, 0.15) is 6.42 Å². The third kappa shape index (κ3) is 11.0. The van der Waals surface area contributed by atoms with Crippen molar-refractivity contribution in [2.75, 3.05) is 13.7 Å². The molecule has 0 amide bonds. The number of aromatic nitrogens is 2. The molecule has 3 nitrogen and oxygen atoms in total. The van der Waals surface area contributed by atoms with Crippen molar-refractivity contribution >= 4 is 7.25 Å². The summed E-state index contributed by atoms with van der Waals surface area (Å²) in [5.41, 5.74) is 0. The third-order valence-corrected chi connectivity index (χ3v) is 1.59. The number of methoxy groups -OCH3 is 1. The number of aryl methyl sites for hydroxylation is 2. The minimum atomic E-state index is -6.00. The lowest BCUT2D eigenvalue weighted by atomic mass is 10.3. The predicted octanol–water partition coefficient (Wildman–Crippen LogP) is 1.65. The Morgan fingerprint density at radius 1 is 1.31 bits per heavy atom. The van der Waals surface area contributed by atoms with Crippen LogP contribution in [-0.2, 0) is 18.3 Å². The van der Waals surface area contributed by atoms with Gasteiger partial charge >= 0.3 is 7.25 Å². The maximum Gasteiger partial charge on any atom is 0.673 e. The molecule has 0 atom stereocenters. The van der Waals surface area contributed by atoms with Crippen molar-refractivity contribution < 1.29 is 26.6 Å². The second-order valence-corrected chi connectivity index (χ2v) is 3.16. The van der Waals surface area contributed by atoms with Gasteiger partial charge in [-0.1, -0.05) is 0 Å². The van der Waals surface area contributed by atoms with Crippen LogP contribution in [0.5, 0.6) is 0 Å². The highest BCUT2D eigenvalue weighted by atomic mass is 19.5. The molecule has 0 aliphatic rings. The predicted molar refractivity (Wildman–Crippen MR) is 52.3 cm³/mol. The van der Waals surface area contributed by atoms with Crippen molar-refractivity contribution in [2.45, 2.75) is 13.0 Å².